The Kier molecular flexibility index (Phi) is 4.60. The van der Waals surface area contributed by atoms with Crippen LogP contribution in [0, 0.1) is 0 Å². The van der Waals surface area contributed by atoms with Crippen LogP contribution in [0.3, 0.4) is 0 Å². The van der Waals surface area contributed by atoms with Crippen molar-refractivity contribution in [2.24, 2.45) is 0 Å². The quantitative estimate of drug-likeness (QED) is 0.846. The zero-order valence-electron chi connectivity index (χ0n) is 11.2. The Morgan fingerprint density at radius 2 is 2.32 bits per heavy atom. The first kappa shape index (κ1) is 13.6. The largest absolute Gasteiger partial charge is 0.466 e. The molecule has 5 nitrogen and oxygen atoms in total. The first-order valence-electron chi connectivity index (χ1n) is 6.81. The lowest BCUT2D eigenvalue weighted by Crippen LogP contribution is -2.44. The molecule has 1 aromatic heterocycles. The second-order valence-corrected chi connectivity index (χ2v) is 4.76. The SMILES string of the molecule is CCOC(=O)C[C@H]1CCCCN1C(=O)c1cc[nH]c1. The van der Waals surface area contributed by atoms with Gasteiger partial charge in [0.15, 0.2) is 0 Å². The fraction of sp³-hybridized carbons (Fsp3) is 0.571. The number of H-pyrrole nitrogens is 1. The number of aromatic nitrogens is 1. The molecule has 104 valence electrons. The van der Waals surface area contributed by atoms with Crippen molar-refractivity contribution < 1.29 is 14.3 Å². The van der Waals surface area contributed by atoms with Crippen molar-refractivity contribution in [2.45, 2.75) is 38.6 Å². The Morgan fingerprint density at radius 1 is 1.47 bits per heavy atom. The zero-order chi connectivity index (χ0) is 13.7. The molecular formula is C14H20N2O3. The summed E-state index contributed by atoms with van der Waals surface area (Å²) in [6.45, 7) is 2.90. The number of carbonyl (C=O) groups excluding carboxylic acids is 2. The van der Waals surface area contributed by atoms with Crippen LogP contribution in [-0.2, 0) is 9.53 Å². The molecule has 2 heterocycles. The van der Waals surface area contributed by atoms with Gasteiger partial charge in [-0.15, -0.1) is 0 Å². The van der Waals surface area contributed by atoms with Crippen LogP contribution in [0.25, 0.3) is 0 Å². The Labute approximate surface area is 112 Å². The van der Waals surface area contributed by atoms with Crippen LogP contribution in [0.1, 0.15) is 43.0 Å². The summed E-state index contributed by atoms with van der Waals surface area (Å²) in [5.41, 5.74) is 0.649. The van der Waals surface area contributed by atoms with Crippen LogP contribution in [-0.4, -0.2) is 41.0 Å². The number of nitrogens with zero attached hydrogens (tertiary/aromatic N) is 1. The van der Waals surface area contributed by atoms with Gasteiger partial charge < -0.3 is 14.6 Å². The average Bonchev–Trinajstić information content (AvgIpc) is 2.93. The maximum atomic E-state index is 12.4. The van der Waals surface area contributed by atoms with Crippen LogP contribution >= 0.6 is 0 Å². The maximum Gasteiger partial charge on any atom is 0.307 e. The van der Waals surface area contributed by atoms with Crippen LogP contribution in [0.4, 0.5) is 0 Å². The lowest BCUT2D eigenvalue weighted by atomic mass is 9.98. The van der Waals surface area contributed by atoms with Crippen molar-refractivity contribution in [3.8, 4) is 0 Å². The maximum absolute atomic E-state index is 12.4. The molecule has 1 aromatic rings. The first-order chi connectivity index (χ1) is 9.22. The van der Waals surface area contributed by atoms with Gasteiger partial charge in [-0.05, 0) is 32.3 Å². The third-order valence-corrected chi connectivity index (χ3v) is 3.44. The number of aromatic amines is 1. The molecule has 5 heteroatoms. The smallest absolute Gasteiger partial charge is 0.307 e. The molecule has 1 aliphatic rings. The Bertz CT molecular complexity index is 428. The predicted octanol–water partition coefficient (Wildman–Crippen LogP) is 1.96. The second-order valence-electron chi connectivity index (χ2n) is 4.76. The average molecular weight is 264 g/mol. The van der Waals surface area contributed by atoms with Crippen molar-refractivity contribution >= 4 is 11.9 Å². The van der Waals surface area contributed by atoms with Gasteiger partial charge in [-0.3, -0.25) is 9.59 Å². The Hall–Kier alpha value is -1.78. The van der Waals surface area contributed by atoms with Gasteiger partial charge in [0.2, 0.25) is 0 Å². The molecule has 0 bridgehead atoms. The summed E-state index contributed by atoms with van der Waals surface area (Å²) >= 11 is 0. The summed E-state index contributed by atoms with van der Waals surface area (Å²) in [4.78, 5) is 28.7. The molecule has 0 radical (unpaired) electrons. The van der Waals surface area contributed by atoms with E-state index in [0.29, 0.717) is 25.1 Å². The van der Waals surface area contributed by atoms with E-state index >= 15 is 0 Å². The van der Waals surface area contributed by atoms with Gasteiger partial charge >= 0.3 is 5.97 Å². The number of amides is 1. The summed E-state index contributed by atoms with van der Waals surface area (Å²) in [7, 11) is 0. The minimum absolute atomic E-state index is 0.00440. The molecule has 0 aliphatic carbocycles. The molecule has 0 aromatic carbocycles. The number of hydrogen-bond donors (Lipinski definition) is 1. The van der Waals surface area contributed by atoms with Gasteiger partial charge in [0.1, 0.15) is 0 Å². The van der Waals surface area contributed by atoms with E-state index < -0.39 is 0 Å². The normalized spacial score (nSPS) is 19.2. The summed E-state index contributed by atoms with van der Waals surface area (Å²) in [6, 6.07) is 1.73. The molecule has 1 saturated heterocycles. The number of ether oxygens (including phenoxy) is 1. The van der Waals surface area contributed by atoms with E-state index in [-0.39, 0.29) is 17.9 Å². The van der Waals surface area contributed by atoms with Crippen molar-refractivity contribution in [1.82, 2.24) is 9.88 Å². The summed E-state index contributed by atoms with van der Waals surface area (Å²) in [6.07, 6.45) is 6.64. The number of piperidine rings is 1. The molecule has 1 N–H and O–H groups in total. The fourth-order valence-corrected chi connectivity index (χ4v) is 2.52. The summed E-state index contributed by atoms with van der Waals surface area (Å²) in [5, 5.41) is 0. The fourth-order valence-electron chi connectivity index (χ4n) is 2.52. The van der Waals surface area contributed by atoms with Gasteiger partial charge in [0.25, 0.3) is 5.91 Å². The molecule has 1 amide bonds. The molecule has 0 spiro atoms. The highest BCUT2D eigenvalue weighted by Crippen LogP contribution is 2.22. The lowest BCUT2D eigenvalue weighted by molar-refractivity contribution is -0.144. The molecule has 2 rings (SSSR count). The van der Waals surface area contributed by atoms with E-state index in [9.17, 15) is 9.59 Å². The van der Waals surface area contributed by atoms with Crippen LogP contribution < -0.4 is 0 Å². The Balaban J connectivity index is 2.03. The zero-order valence-corrected chi connectivity index (χ0v) is 11.2. The number of likely N-dealkylation sites (tertiary alicyclic amines) is 1. The summed E-state index contributed by atoms with van der Waals surface area (Å²) in [5.74, 6) is -0.225. The van der Waals surface area contributed by atoms with Gasteiger partial charge in [-0.25, -0.2) is 0 Å². The standard InChI is InChI=1S/C14H20N2O3/c1-2-19-13(17)9-12-5-3-4-8-16(12)14(18)11-6-7-15-10-11/h6-7,10,12,15H,2-5,8-9H2,1H3/t12-/m1/s1. The van der Waals surface area contributed by atoms with E-state index in [0.717, 1.165) is 19.3 Å². The molecule has 0 saturated carbocycles. The third kappa shape index (κ3) is 3.36. The molecular weight excluding hydrogens is 244 g/mol. The first-order valence-corrected chi connectivity index (χ1v) is 6.81. The number of nitrogens with one attached hydrogen (secondary N) is 1. The van der Waals surface area contributed by atoms with Gasteiger partial charge in [-0.2, -0.15) is 0 Å². The van der Waals surface area contributed by atoms with Crippen molar-refractivity contribution in [3.05, 3.63) is 24.0 Å². The highest BCUT2D eigenvalue weighted by molar-refractivity contribution is 5.94. The van der Waals surface area contributed by atoms with Gasteiger partial charge in [-0.1, -0.05) is 0 Å². The summed E-state index contributed by atoms with van der Waals surface area (Å²) < 4.78 is 4.98. The Morgan fingerprint density at radius 3 is 3.00 bits per heavy atom. The van der Waals surface area contributed by atoms with Crippen LogP contribution in [0.5, 0.6) is 0 Å². The minimum atomic E-state index is -0.221. The van der Waals surface area contributed by atoms with Crippen molar-refractivity contribution in [3.63, 3.8) is 0 Å². The number of carbonyl (C=O) groups is 2. The molecule has 1 fully saturated rings. The number of esters is 1. The predicted molar refractivity (Wildman–Crippen MR) is 70.7 cm³/mol. The highest BCUT2D eigenvalue weighted by Gasteiger charge is 2.29. The molecule has 1 aliphatic heterocycles. The highest BCUT2D eigenvalue weighted by atomic mass is 16.5. The van der Waals surface area contributed by atoms with Crippen molar-refractivity contribution in [2.75, 3.05) is 13.2 Å². The van der Waals surface area contributed by atoms with E-state index in [2.05, 4.69) is 4.98 Å². The van der Waals surface area contributed by atoms with Crippen LogP contribution in [0.2, 0.25) is 0 Å². The minimum Gasteiger partial charge on any atom is -0.466 e. The van der Waals surface area contributed by atoms with Crippen LogP contribution in [0.15, 0.2) is 18.5 Å². The number of rotatable bonds is 4. The second kappa shape index (κ2) is 6.41. The van der Waals surface area contributed by atoms with E-state index in [4.69, 9.17) is 4.74 Å². The van der Waals surface area contributed by atoms with Gasteiger partial charge in [0, 0.05) is 25.0 Å². The monoisotopic (exact) mass is 264 g/mol. The molecule has 19 heavy (non-hydrogen) atoms. The third-order valence-electron chi connectivity index (χ3n) is 3.44. The lowest BCUT2D eigenvalue weighted by Gasteiger charge is -2.35. The van der Waals surface area contributed by atoms with E-state index in [1.165, 1.54) is 0 Å². The van der Waals surface area contributed by atoms with E-state index in [1.54, 1.807) is 25.4 Å². The topological polar surface area (TPSA) is 62.4 Å². The van der Waals surface area contributed by atoms with Crippen molar-refractivity contribution in [1.29, 1.82) is 0 Å². The van der Waals surface area contributed by atoms with E-state index in [1.807, 2.05) is 4.90 Å². The number of hydrogen-bond acceptors (Lipinski definition) is 3. The van der Waals surface area contributed by atoms with Gasteiger partial charge in [0.05, 0.1) is 18.6 Å². The molecule has 0 unspecified atom stereocenters. The molecule has 1 atom stereocenters.